The van der Waals surface area contributed by atoms with Crippen LogP contribution in [-0.4, -0.2) is 68.9 Å². The van der Waals surface area contributed by atoms with E-state index < -0.39 is 0 Å². The second-order valence-electron chi connectivity index (χ2n) is 6.83. The van der Waals surface area contributed by atoms with Gasteiger partial charge in [-0.1, -0.05) is 18.2 Å². The molecule has 1 N–H and O–H groups in total. The minimum Gasteiger partial charge on any atom is -0.493 e. The number of benzene rings is 1. The minimum absolute atomic E-state index is 0.0105. The highest BCUT2D eigenvalue weighted by Crippen LogP contribution is 2.34. The van der Waals surface area contributed by atoms with Gasteiger partial charge in [0.2, 0.25) is 0 Å². The molecular formula is C18H27N3O3. The molecule has 2 atom stereocenters. The Hall–Kier alpha value is -1.79. The Kier molecular flexibility index (Phi) is 5.26. The van der Waals surface area contributed by atoms with Crippen molar-refractivity contribution in [3.05, 3.63) is 29.3 Å². The maximum absolute atomic E-state index is 12.7. The third-order valence-electron chi connectivity index (χ3n) is 4.56. The summed E-state index contributed by atoms with van der Waals surface area (Å²) in [6.45, 7) is 5.36. The van der Waals surface area contributed by atoms with Crippen LogP contribution in [0, 0.1) is 6.92 Å². The Labute approximate surface area is 143 Å². The van der Waals surface area contributed by atoms with Crippen molar-refractivity contribution >= 4 is 6.03 Å². The second kappa shape index (κ2) is 7.40. The lowest BCUT2D eigenvalue weighted by Gasteiger charge is -2.36. The number of carbonyl (C=O) groups excluding carboxylic acids is 1. The van der Waals surface area contributed by atoms with Gasteiger partial charge in [-0.25, -0.2) is 4.79 Å². The number of hydrogen-bond acceptors (Lipinski definition) is 4. The molecule has 2 aliphatic rings. The molecule has 6 nitrogen and oxygen atoms in total. The molecule has 2 heterocycles. The molecule has 2 aliphatic heterocycles. The average molecular weight is 333 g/mol. The van der Waals surface area contributed by atoms with Crippen LogP contribution in [0.25, 0.3) is 0 Å². The summed E-state index contributed by atoms with van der Waals surface area (Å²) in [5.41, 5.74) is 2.19. The van der Waals surface area contributed by atoms with E-state index in [0.29, 0.717) is 26.3 Å². The zero-order chi connectivity index (χ0) is 17.1. The summed E-state index contributed by atoms with van der Waals surface area (Å²) in [7, 11) is 4.04. The van der Waals surface area contributed by atoms with Crippen molar-refractivity contribution in [1.29, 1.82) is 0 Å². The quantitative estimate of drug-likeness (QED) is 0.916. The molecule has 2 amide bonds. The number of carbonyl (C=O) groups is 1. The third kappa shape index (κ3) is 3.82. The van der Waals surface area contributed by atoms with Crippen molar-refractivity contribution in [1.82, 2.24) is 15.1 Å². The van der Waals surface area contributed by atoms with E-state index in [0.717, 1.165) is 29.8 Å². The molecule has 3 rings (SSSR count). The summed E-state index contributed by atoms with van der Waals surface area (Å²) in [5.74, 6) is 0.918. The van der Waals surface area contributed by atoms with Crippen molar-refractivity contribution in [2.75, 3.05) is 46.9 Å². The second-order valence-corrected chi connectivity index (χ2v) is 6.83. The van der Waals surface area contributed by atoms with Gasteiger partial charge in [0, 0.05) is 31.6 Å². The van der Waals surface area contributed by atoms with Gasteiger partial charge in [0.25, 0.3) is 0 Å². The van der Waals surface area contributed by atoms with E-state index in [-0.39, 0.29) is 18.2 Å². The summed E-state index contributed by atoms with van der Waals surface area (Å²) in [4.78, 5) is 16.6. The molecular weight excluding hydrogens is 306 g/mol. The molecule has 1 fully saturated rings. The Balaban J connectivity index is 1.64. The van der Waals surface area contributed by atoms with Crippen LogP contribution >= 0.6 is 0 Å². The van der Waals surface area contributed by atoms with E-state index in [1.54, 1.807) is 0 Å². The van der Waals surface area contributed by atoms with Crippen molar-refractivity contribution in [2.24, 2.45) is 0 Å². The molecule has 1 unspecified atom stereocenters. The predicted molar refractivity (Wildman–Crippen MR) is 92.4 cm³/mol. The van der Waals surface area contributed by atoms with Crippen molar-refractivity contribution < 1.29 is 14.3 Å². The number of nitrogens with zero attached hydrogens (tertiary/aromatic N) is 2. The monoisotopic (exact) mass is 333 g/mol. The zero-order valence-corrected chi connectivity index (χ0v) is 14.7. The van der Waals surface area contributed by atoms with Crippen LogP contribution in [0.2, 0.25) is 0 Å². The van der Waals surface area contributed by atoms with E-state index in [2.05, 4.69) is 10.2 Å². The molecule has 132 valence electrons. The topological polar surface area (TPSA) is 54.0 Å². The molecule has 0 spiro atoms. The average Bonchev–Trinajstić information content (AvgIpc) is 2.55. The molecule has 0 radical (unpaired) electrons. The number of ether oxygens (including phenoxy) is 2. The van der Waals surface area contributed by atoms with Crippen molar-refractivity contribution in [3.63, 3.8) is 0 Å². The van der Waals surface area contributed by atoms with E-state index in [9.17, 15) is 4.79 Å². The number of urea groups is 1. The summed E-state index contributed by atoms with van der Waals surface area (Å²) >= 11 is 0. The van der Waals surface area contributed by atoms with Crippen LogP contribution in [0.3, 0.4) is 0 Å². The van der Waals surface area contributed by atoms with Crippen molar-refractivity contribution in [2.45, 2.75) is 25.5 Å². The number of para-hydroxylation sites is 1. The lowest BCUT2D eigenvalue weighted by molar-refractivity contribution is -0.0250. The Morgan fingerprint density at radius 1 is 1.38 bits per heavy atom. The van der Waals surface area contributed by atoms with Crippen LogP contribution in [0.5, 0.6) is 5.75 Å². The Morgan fingerprint density at radius 2 is 2.21 bits per heavy atom. The fraction of sp³-hybridized carbons (Fsp3) is 0.611. The summed E-state index contributed by atoms with van der Waals surface area (Å²) in [6.07, 6.45) is 0.872. The molecule has 0 aliphatic carbocycles. The third-order valence-corrected chi connectivity index (χ3v) is 4.56. The molecule has 1 aromatic carbocycles. The fourth-order valence-electron chi connectivity index (χ4n) is 3.39. The lowest BCUT2D eigenvalue weighted by Crippen LogP contribution is -2.52. The first-order valence-corrected chi connectivity index (χ1v) is 8.58. The summed E-state index contributed by atoms with van der Waals surface area (Å²) in [5, 5.41) is 3.18. The van der Waals surface area contributed by atoms with Gasteiger partial charge in [-0.05, 0) is 26.6 Å². The smallest absolute Gasteiger partial charge is 0.318 e. The Morgan fingerprint density at radius 3 is 3.00 bits per heavy atom. The standard InChI is InChI=1S/C18H27N3O3/c1-13-5-4-6-15-16(7-9-24-17(13)15)19-18(22)21-8-10-23-14(12-21)11-20(2)3/h4-6,14,16H,7-12H2,1-3H3,(H,19,22)/t14?,16-/m1/s1. The lowest BCUT2D eigenvalue weighted by atomic mass is 9.98. The zero-order valence-electron chi connectivity index (χ0n) is 14.7. The van der Waals surface area contributed by atoms with Gasteiger partial charge in [-0.2, -0.15) is 0 Å². The molecule has 0 aromatic heterocycles. The maximum atomic E-state index is 12.7. The van der Waals surface area contributed by atoms with Crippen LogP contribution in [0.1, 0.15) is 23.6 Å². The van der Waals surface area contributed by atoms with E-state index >= 15 is 0 Å². The SMILES string of the molecule is Cc1cccc2c1OCC[C@H]2NC(=O)N1CCOC(CN(C)C)C1. The molecule has 0 bridgehead atoms. The number of rotatable bonds is 3. The molecule has 24 heavy (non-hydrogen) atoms. The van der Waals surface area contributed by atoms with Gasteiger partial charge in [-0.15, -0.1) is 0 Å². The van der Waals surface area contributed by atoms with Gasteiger partial charge >= 0.3 is 6.03 Å². The van der Waals surface area contributed by atoms with E-state index in [1.165, 1.54) is 0 Å². The Bertz CT molecular complexity index is 591. The van der Waals surface area contributed by atoms with Gasteiger partial charge in [0.15, 0.2) is 0 Å². The van der Waals surface area contributed by atoms with E-state index in [4.69, 9.17) is 9.47 Å². The van der Waals surface area contributed by atoms with Gasteiger partial charge in [0.1, 0.15) is 5.75 Å². The molecule has 0 saturated carbocycles. The number of morpholine rings is 1. The predicted octanol–water partition coefficient (Wildman–Crippen LogP) is 1.79. The minimum atomic E-state index is -0.0126. The number of fused-ring (bicyclic) bond motifs is 1. The fourth-order valence-corrected chi connectivity index (χ4v) is 3.39. The molecule has 1 aromatic rings. The first kappa shape index (κ1) is 17.0. The number of amides is 2. The van der Waals surface area contributed by atoms with E-state index in [1.807, 2.05) is 44.1 Å². The van der Waals surface area contributed by atoms with Gasteiger partial charge in [0.05, 0.1) is 25.4 Å². The van der Waals surface area contributed by atoms with Gasteiger partial charge in [-0.3, -0.25) is 0 Å². The van der Waals surface area contributed by atoms with Crippen LogP contribution in [0.15, 0.2) is 18.2 Å². The number of nitrogens with one attached hydrogen (secondary N) is 1. The number of likely N-dealkylation sites (N-methyl/N-ethyl adjacent to an activating group) is 1. The first-order chi connectivity index (χ1) is 11.5. The molecule has 6 heteroatoms. The largest absolute Gasteiger partial charge is 0.493 e. The highest BCUT2D eigenvalue weighted by molar-refractivity contribution is 5.75. The highest BCUT2D eigenvalue weighted by Gasteiger charge is 2.29. The van der Waals surface area contributed by atoms with Crippen molar-refractivity contribution in [3.8, 4) is 5.75 Å². The van der Waals surface area contributed by atoms with Crippen LogP contribution in [-0.2, 0) is 4.74 Å². The van der Waals surface area contributed by atoms with Crippen LogP contribution < -0.4 is 10.1 Å². The molecule has 1 saturated heterocycles. The highest BCUT2D eigenvalue weighted by atomic mass is 16.5. The van der Waals surface area contributed by atoms with Gasteiger partial charge < -0.3 is 24.6 Å². The number of aryl methyl sites for hydroxylation is 1. The normalized spacial score (nSPS) is 23.6. The van der Waals surface area contributed by atoms with Crippen LogP contribution in [0.4, 0.5) is 4.79 Å². The number of hydrogen-bond donors (Lipinski definition) is 1. The first-order valence-electron chi connectivity index (χ1n) is 8.58. The summed E-state index contributed by atoms with van der Waals surface area (Å²) in [6, 6.07) is 6.10. The maximum Gasteiger partial charge on any atom is 0.318 e. The summed E-state index contributed by atoms with van der Waals surface area (Å²) < 4.78 is 11.5.